The smallest absolute Gasteiger partial charge is 0.273 e. The van der Waals surface area contributed by atoms with Crippen molar-refractivity contribution in [2.45, 2.75) is 13.8 Å². The van der Waals surface area contributed by atoms with Crippen molar-refractivity contribution in [1.82, 2.24) is 4.98 Å². The lowest BCUT2D eigenvalue weighted by Gasteiger charge is -2.05. The second kappa shape index (κ2) is 5.80. The van der Waals surface area contributed by atoms with Crippen molar-refractivity contribution in [2.24, 2.45) is 0 Å². The molecule has 0 fully saturated rings. The van der Waals surface area contributed by atoms with Gasteiger partial charge in [0.15, 0.2) is 10.9 Å². The summed E-state index contributed by atoms with van der Waals surface area (Å²) >= 11 is 1.12. The Labute approximate surface area is 123 Å². The molecule has 108 valence electrons. The van der Waals surface area contributed by atoms with E-state index in [9.17, 15) is 19.7 Å². The number of benzene rings is 1. The molecule has 1 N–H and O–H groups in total. The maximum Gasteiger partial charge on any atom is 0.273 e. The van der Waals surface area contributed by atoms with Crippen molar-refractivity contribution in [1.29, 1.82) is 0 Å². The van der Waals surface area contributed by atoms with E-state index in [2.05, 4.69) is 10.3 Å². The molecule has 0 aliphatic heterocycles. The molecule has 8 heteroatoms. The molecule has 1 aromatic heterocycles. The van der Waals surface area contributed by atoms with Crippen molar-refractivity contribution in [2.75, 3.05) is 5.32 Å². The van der Waals surface area contributed by atoms with E-state index in [1.165, 1.54) is 37.4 Å². The lowest BCUT2D eigenvalue weighted by Crippen LogP contribution is -2.14. The van der Waals surface area contributed by atoms with E-state index in [1.54, 1.807) is 0 Å². The molecule has 1 heterocycles. The Hall–Kier alpha value is -2.61. The average molecular weight is 305 g/mol. The van der Waals surface area contributed by atoms with Crippen molar-refractivity contribution in [3.63, 3.8) is 0 Å². The van der Waals surface area contributed by atoms with Gasteiger partial charge in [-0.1, -0.05) is 6.07 Å². The Morgan fingerprint density at radius 1 is 1.38 bits per heavy atom. The highest BCUT2D eigenvalue weighted by Gasteiger charge is 2.19. The van der Waals surface area contributed by atoms with Crippen molar-refractivity contribution < 1.29 is 14.5 Å². The van der Waals surface area contributed by atoms with Crippen LogP contribution in [0.3, 0.4) is 0 Å². The van der Waals surface area contributed by atoms with Crippen LogP contribution >= 0.6 is 11.3 Å². The predicted molar refractivity (Wildman–Crippen MR) is 77.9 cm³/mol. The van der Waals surface area contributed by atoms with Crippen molar-refractivity contribution >= 4 is 33.8 Å². The molecule has 0 aliphatic rings. The maximum absolute atomic E-state index is 12.1. The molecule has 0 unspecified atom stereocenters. The number of Topliss-reactive ketones (excluding diaryl/α,β-unsaturated/α-hetero) is 1. The van der Waals surface area contributed by atoms with Crippen LogP contribution in [-0.4, -0.2) is 21.6 Å². The highest BCUT2D eigenvalue weighted by atomic mass is 32.1. The van der Waals surface area contributed by atoms with Gasteiger partial charge in [0.2, 0.25) is 0 Å². The lowest BCUT2D eigenvalue weighted by molar-refractivity contribution is -0.385. The van der Waals surface area contributed by atoms with Crippen LogP contribution in [0.4, 0.5) is 10.8 Å². The topological polar surface area (TPSA) is 102 Å². The fraction of sp³-hybridized carbons (Fsp3) is 0.154. The minimum atomic E-state index is -0.538. The van der Waals surface area contributed by atoms with Gasteiger partial charge >= 0.3 is 0 Å². The zero-order valence-electron chi connectivity index (χ0n) is 11.2. The molecule has 0 saturated carbocycles. The number of hydrogen-bond acceptors (Lipinski definition) is 6. The van der Waals surface area contributed by atoms with Gasteiger partial charge < -0.3 is 0 Å². The Balaban J connectivity index is 2.26. The normalized spacial score (nSPS) is 10.2. The molecule has 0 saturated heterocycles. The summed E-state index contributed by atoms with van der Waals surface area (Å²) in [5, 5.41) is 15.2. The molecule has 21 heavy (non-hydrogen) atoms. The zero-order chi connectivity index (χ0) is 15.6. The van der Waals surface area contributed by atoms with Gasteiger partial charge in [-0.25, -0.2) is 4.98 Å². The number of nitrogens with one attached hydrogen (secondary N) is 1. The molecule has 1 amide bonds. The van der Waals surface area contributed by atoms with E-state index < -0.39 is 10.8 Å². The number of amides is 1. The van der Waals surface area contributed by atoms with E-state index in [0.29, 0.717) is 0 Å². The third kappa shape index (κ3) is 3.11. The molecule has 0 atom stereocenters. The fourth-order valence-electron chi connectivity index (χ4n) is 1.72. The number of carbonyl (C=O) groups excluding carboxylic acids is 2. The summed E-state index contributed by atoms with van der Waals surface area (Å²) in [6.07, 6.45) is 0. The Morgan fingerprint density at radius 3 is 2.67 bits per heavy atom. The number of aromatic nitrogens is 1. The Kier molecular flexibility index (Phi) is 4.08. The number of carbonyl (C=O) groups is 2. The largest absolute Gasteiger partial charge is 0.298 e. The molecule has 2 rings (SSSR count). The third-order valence-corrected chi connectivity index (χ3v) is 3.59. The molecular formula is C13H11N3O4S. The van der Waals surface area contributed by atoms with Crippen molar-refractivity contribution in [3.8, 4) is 0 Å². The fourth-order valence-corrected chi connectivity index (χ4v) is 2.47. The molecule has 0 bridgehead atoms. The number of nitro groups is 1. The SMILES string of the molecule is CC(=O)c1csc(NC(=O)c2cccc([N+](=O)[O-])c2C)n1. The second-order valence-electron chi connectivity index (χ2n) is 4.26. The van der Waals surface area contributed by atoms with Crippen LogP contribution in [0.5, 0.6) is 0 Å². The number of rotatable bonds is 4. The first-order valence-electron chi connectivity index (χ1n) is 5.92. The highest BCUT2D eigenvalue weighted by molar-refractivity contribution is 7.14. The summed E-state index contributed by atoms with van der Waals surface area (Å²) in [7, 11) is 0. The van der Waals surface area contributed by atoms with Crippen LogP contribution in [-0.2, 0) is 0 Å². The van der Waals surface area contributed by atoms with Crippen LogP contribution in [0, 0.1) is 17.0 Å². The van der Waals surface area contributed by atoms with E-state index in [0.717, 1.165) is 11.3 Å². The molecule has 1 aromatic carbocycles. The molecule has 0 radical (unpaired) electrons. The summed E-state index contributed by atoms with van der Waals surface area (Å²) in [6, 6.07) is 4.28. The van der Waals surface area contributed by atoms with E-state index in [1.807, 2.05) is 0 Å². The number of thiazole rings is 1. The van der Waals surface area contributed by atoms with Gasteiger partial charge in [0, 0.05) is 29.5 Å². The van der Waals surface area contributed by atoms with Gasteiger partial charge in [0.1, 0.15) is 5.69 Å². The number of nitrogens with zero attached hydrogens (tertiary/aromatic N) is 2. The number of anilines is 1. The minimum Gasteiger partial charge on any atom is -0.298 e. The zero-order valence-corrected chi connectivity index (χ0v) is 12.1. The van der Waals surface area contributed by atoms with Crippen LogP contribution < -0.4 is 5.32 Å². The van der Waals surface area contributed by atoms with Gasteiger partial charge in [0.05, 0.1) is 4.92 Å². The van der Waals surface area contributed by atoms with Gasteiger partial charge in [0.25, 0.3) is 11.6 Å². The first-order chi connectivity index (χ1) is 9.90. The van der Waals surface area contributed by atoms with E-state index in [4.69, 9.17) is 0 Å². The lowest BCUT2D eigenvalue weighted by atomic mass is 10.1. The van der Waals surface area contributed by atoms with Crippen LogP contribution in [0.1, 0.15) is 33.3 Å². The van der Waals surface area contributed by atoms with Crippen LogP contribution in [0.25, 0.3) is 0 Å². The second-order valence-corrected chi connectivity index (χ2v) is 5.11. The maximum atomic E-state index is 12.1. The molecule has 2 aromatic rings. The quantitative estimate of drug-likeness (QED) is 0.531. The minimum absolute atomic E-state index is 0.119. The number of hydrogen-bond donors (Lipinski definition) is 1. The molecule has 0 aliphatic carbocycles. The van der Waals surface area contributed by atoms with Gasteiger partial charge in [-0.2, -0.15) is 0 Å². The number of ketones is 1. The summed E-state index contributed by atoms with van der Waals surface area (Å²) in [6.45, 7) is 2.89. The Morgan fingerprint density at radius 2 is 2.10 bits per heavy atom. The van der Waals surface area contributed by atoms with E-state index >= 15 is 0 Å². The van der Waals surface area contributed by atoms with Crippen LogP contribution in [0.15, 0.2) is 23.6 Å². The van der Waals surface area contributed by atoms with Gasteiger partial charge in [-0.05, 0) is 13.0 Å². The summed E-state index contributed by atoms with van der Waals surface area (Å²) in [5.41, 5.74) is 0.629. The molecule has 0 spiro atoms. The number of nitro benzene ring substituents is 1. The van der Waals surface area contributed by atoms with Crippen LogP contribution in [0.2, 0.25) is 0 Å². The predicted octanol–water partition coefficient (Wildman–Crippen LogP) is 2.81. The molecule has 7 nitrogen and oxygen atoms in total. The standard InChI is InChI=1S/C13H11N3O4S/c1-7-9(4-3-5-11(7)16(19)20)12(18)15-13-14-10(6-21-13)8(2)17/h3-6H,1-2H3,(H,14,15,18). The molecular weight excluding hydrogens is 294 g/mol. The van der Waals surface area contributed by atoms with E-state index in [-0.39, 0.29) is 33.4 Å². The summed E-state index contributed by atoms with van der Waals surface area (Å²) in [5.74, 6) is -0.695. The average Bonchev–Trinajstić information content (AvgIpc) is 2.87. The summed E-state index contributed by atoms with van der Waals surface area (Å²) in [4.78, 5) is 37.6. The summed E-state index contributed by atoms with van der Waals surface area (Å²) < 4.78 is 0. The third-order valence-electron chi connectivity index (χ3n) is 2.83. The van der Waals surface area contributed by atoms with Gasteiger partial charge in [-0.3, -0.25) is 25.0 Å². The first kappa shape index (κ1) is 14.8. The Bertz CT molecular complexity index is 739. The van der Waals surface area contributed by atoms with Gasteiger partial charge in [-0.15, -0.1) is 11.3 Å². The monoisotopic (exact) mass is 305 g/mol. The first-order valence-corrected chi connectivity index (χ1v) is 6.80. The van der Waals surface area contributed by atoms with Crippen molar-refractivity contribution in [3.05, 3.63) is 50.5 Å². The highest BCUT2D eigenvalue weighted by Crippen LogP contribution is 2.23.